The van der Waals surface area contributed by atoms with Crippen molar-refractivity contribution in [3.63, 3.8) is 0 Å². The number of pyridine rings is 2. The monoisotopic (exact) mass is 471 g/mol. The van der Waals surface area contributed by atoms with Crippen LogP contribution in [0.1, 0.15) is 17.3 Å². The van der Waals surface area contributed by atoms with Gasteiger partial charge in [-0.2, -0.15) is 0 Å². The number of amides is 1. The van der Waals surface area contributed by atoms with Crippen LogP contribution in [0.4, 0.5) is 21.6 Å². The van der Waals surface area contributed by atoms with E-state index in [-0.39, 0.29) is 28.9 Å². The van der Waals surface area contributed by atoms with E-state index < -0.39 is 17.8 Å². The number of aromatic nitrogens is 2. The molecule has 4 rings (SSSR count). The molecular weight excluding hydrogens is 449 g/mol. The number of hydrogen-bond acceptors (Lipinski definition) is 6. The Morgan fingerprint density at radius 3 is 2.79 bits per heavy atom. The van der Waals surface area contributed by atoms with E-state index in [0.29, 0.717) is 35.3 Å². The lowest BCUT2D eigenvalue weighted by Gasteiger charge is -2.20. The highest BCUT2D eigenvalue weighted by Gasteiger charge is 2.26. The van der Waals surface area contributed by atoms with E-state index in [1.165, 1.54) is 30.6 Å². The number of nitrogens with zero attached hydrogens (tertiary/aromatic N) is 3. The van der Waals surface area contributed by atoms with Crippen molar-refractivity contribution in [3.05, 3.63) is 69.5 Å². The first-order valence-electron chi connectivity index (χ1n) is 10.4. The van der Waals surface area contributed by atoms with Crippen molar-refractivity contribution in [3.8, 4) is 11.1 Å². The van der Waals surface area contributed by atoms with Crippen molar-refractivity contribution < 1.29 is 14.3 Å². The van der Waals surface area contributed by atoms with Crippen molar-refractivity contribution >= 4 is 34.7 Å². The highest BCUT2D eigenvalue weighted by atomic mass is 35.5. The summed E-state index contributed by atoms with van der Waals surface area (Å²) in [5.74, 6) is -0.347. The van der Waals surface area contributed by atoms with Gasteiger partial charge in [-0.25, -0.2) is 4.39 Å². The van der Waals surface area contributed by atoms with Crippen LogP contribution in [0.3, 0.4) is 0 Å². The van der Waals surface area contributed by atoms with E-state index in [9.17, 15) is 19.1 Å². The fourth-order valence-electron chi connectivity index (χ4n) is 3.80. The SMILES string of the molecule is CC(CO)NC(=O)c1cnccc1Nc1cc(-c2cc(Cl)ccc2F)c(=O)n2c1N(C)CC2. The van der Waals surface area contributed by atoms with E-state index >= 15 is 0 Å². The summed E-state index contributed by atoms with van der Waals surface area (Å²) in [5.41, 5.74) is 1.17. The summed E-state index contributed by atoms with van der Waals surface area (Å²) in [5, 5.41) is 15.5. The van der Waals surface area contributed by atoms with Gasteiger partial charge in [-0.3, -0.25) is 19.1 Å². The summed E-state index contributed by atoms with van der Waals surface area (Å²) in [7, 11) is 1.85. The Morgan fingerprint density at radius 1 is 1.24 bits per heavy atom. The largest absolute Gasteiger partial charge is 0.394 e. The van der Waals surface area contributed by atoms with Gasteiger partial charge in [-0.15, -0.1) is 0 Å². The van der Waals surface area contributed by atoms with Gasteiger partial charge in [0.05, 0.1) is 29.1 Å². The minimum atomic E-state index is -0.559. The normalized spacial score (nSPS) is 13.5. The lowest BCUT2D eigenvalue weighted by Crippen LogP contribution is -2.35. The van der Waals surface area contributed by atoms with E-state index in [2.05, 4.69) is 15.6 Å². The molecule has 3 aromatic rings. The standard InChI is InChI=1S/C23H23ClFN5O3/c1-13(12-31)27-21(32)17-11-26-6-5-19(17)28-20-10-16(15-9-14(24)3-4-18(15)25)23(33)30-8-7-29(2)22(20)30/h3-6,9-11,13,31H,7-8,12H2,1-2H3,(H,26,28)(H,27,32). The number of carbonyl (C=O) groups excluding carboxylic acids is 1. The second kappa shape index (κ2) is 9.21. The third kappa shape index (κ3) is 4.42. The minimum absolute atomic E-state index is 0.102. The molecule has 0 radical (unpaired) electrons. The zero-order valence-electron chi connectivity index (χ0n) is 18.1. The predicted octanol–water partition coefficient (Wildman–Crippen LogP) is 3.01. The molecule has 3 heterocycles. The number of benzene rings is 1. The van der Waals surface area contributed by atoms with Gasteiger partial charge in [0.25, 0.3) is 11.5 Å². The average Bonchev–Trinajstić information content (AvgIpc) is 3.20. The van der Waals surface area contributed by atoms with E-state index in [0.717, 1.165) is 0 Å². The van der Waals surface area contributed by atoms with Crippen LogP contribution in [0.15, 0.2) is 47.5 Å². The van der Waals surface area contributed by atoms with Gasteiger partial charge in [0, 0.05) is 49.2 Å². The zero-order chi connectivity index (χ0) is 23.7. The predicted molar refractivity (Wildman–Crippen MR) is 126 cm³/mol. The molecule has 0 aliphatic carbocycles. The number of hydrogen-bond donors (Lipinski definition) is 3. The lowest BCUT2D eigenvalue weighted by molar-refractivity contribution is 0.0923. The number of nitrogens with one attached hydrogen (secondary N) is 2. The van der Waals surface area contributed by atoms with Gasteiger partial charge in [0.2, 0.25) is 0 Å². The fourth-order valence-corrected chi connectivity index (χ4v) is 3.97. The maximum Gasteiger partial charge on any atom is 0.260 e. The third-order valence-electron chi connectivity index (χ3n) is 5.49. The molecule has 0 saturated heterocycles. The summed E-state index contributed by atoms with van der Waals surface area (Å²) in [4.78, 5) is 31.9. The number of carbonyl (C=O) groups is 1. The Kier molecular flexibility index (Phi) is 6.35. The molecule has 1 aliphatic rings. The molecule has 1 atom stereocenters. The molecule has 172 valence electrons. The number of anilines is 3. The van der Waals surface area contributed by atoms with Crippen LogP contribution in [-0.2, 0) is 6.54 Å². The second-order valence-electron chi connectivity index (χ2n) is 7.90. The summed E-state index contributed by atoms with van der Waals surface area (Å²) >= 11 is 6.07. The van der Waals surface area contributed by atoms with Gasteiger partial charge >= 0.3 is 0 Å². The first-order valence-corrected chi connectivity index (χ1v) is 10.7. The molecule has 1 unspecified atom stereocenters. The van der Waals surface area contributed by atoms with Gasteiger partial charge in [-0.05, 0) is 37.3 Å². The summed E-state index contributed by atoms with van der Waals surface area (Å²) in [6.07, 6.45) is 2.95. The van der Waals surface area contributed by atoms with Gasteiger partial charge in [0.1, 0.15) is 11.6 Å². The summed E-state index contributed by atoms with van der Waals surface area (Å²) in [6.45, 7) is 2.51. The van der Waals surface area contributed by atoms with Gasteiger partial charge in [0.15, 0.2) is 0 Å². The smallest absolute Gasteiger partial charge is 0.260 e. The van der Waals surface area contributed by atoms with Crippen LogP contribution in [0.5, 0.6) is 0 Å². The number of aliphatic hydroxyl groups is 1. The molecule has 1 aromatic carbocycles. The summed E-state index contributed by atoms with van der Waals surface area (Å²) < 4.78 is 16.2. The van der Waals surface area contributed by atoms with Crippen LogP contribution >= 0.6 is 11.6 Å². The van der Waals surface area contributed by atoms with E-state index in [1.54, 1.807) is 23.6 Å². The number of likely N-dealkylation sites (N-methyl/N-ethyl adjacent to an activating group) is 1. The number of fused-ring (bicyclic) bond motifs is 1. The average molecular weight is 472 g/mol. The van der Waals surface area contributed by atoms with Crippen molar-refractivity contribution in [2.75, 3.05) is 30.4 Å². The minimum Gasteiger partial charge on any atom is -0.394 e. The molecule has 8 nitrogen and oxygen atoms in total. The zero-order valence-corrected chi connectivity index (χ0v) is 18.9. The molecule has 0 fully saturated rings. The molecule has 3 N–H and O–H groups in total. The van der Waals surface area contributed by atoms with E-state index in [1.807, 2.05) is 11.9 Å². The van der Waals surface area contributed by atoms with E-state index in [4.69, 9.17) is 11.6 Å². The van der Waals surface area contributed by atoms with Crippen molar-refractivity contribution in [1.82, 2.24) is 14.9 Å². The maximum absolute atomic E-state index is 14.6. The first kappa shape index (κ1) is 22.8. The fraction of sp³-hybridized carbons (Fsp3) is 0.261. The highest BCUT2D eigenvalue weighted by Crippen LogP contribution is 2.35. The Hall–Kier alpha value is -3.43. The molecule has 10 heteroatoms. The van der Waals surface area contributed by atoms with Crippen LogP contribution in [-0.4, -0.2) is 46.8 Å². The molecule has 33 heavy (non-hydrogen) atoms. The summed E-state index contributed by atoms with van der Waals surface area (Å²) in [6, 6.07) is 6.84. The molecule has 1 aliphatic heterocycles. The molecular formula is C23H23ClFN5O3. The van der Waals surface area contributed by atoms with Crippen LogP contribution in [0.2, 0.25) is 5.02 Å². The molecule has 0 spiro atoms. The number of halogens is 2. The molecule has 1 amide bonds. The van der Waals surface area contributed by atoms with Crippen LogP contribution in [0, 0.1) is 5.82 Å². The Labute approximate surface area is 194 Å². The Morgan fingerprint density at radius 2 is 2.03 bits per heavy atom. The number of aliphatic hydroxyl groups excluding tert-OH is 1. The second-order valence-corrected chi connectivity index (χ2v) is 8.34. The number of rotatable bonds is 6. The van der Waals surface area contributed by atoms with Crippen molar-refractivity contribution in [2.24, 2.45) is 0 Å². The maximum atomic E-state index is 14.6. The topological polar surface area (TPSA) is 99.5 Å². The molecule has 2 aromatic heterocycles. The Balaban J connectivity index is 1.83. The van der Waals surface area contributed by atoms with Crippen LogP contribution in [0.25, 0.3) is 11.1 Å². The van der Waals surface area contributed by atoms with Gasteiger partial charge < -0.3 is 20.6 Å². The lowest BCUT2D eigenvalue weighted by atomic mass is 10.1. The van der Waals surface area contributed by atoms with Gasteiger partial charge in [-0.1, -0.05) is 11.6 Å². The van der Waals surface area contributed by atoms with Crippen molar-refractivity contribution in [2.45, 2.75) is 19.5 Å². The molecule has 0 saturated carbocycles. The Bertz CT molecular complexity index is 1280. The molecule has 0 bridgehead atoms. The van der Waals surface area contributed by atoms with Crippen molar-refractivity contribution in [1.29, 1.82) is 0 Å². The highest BCUT2D eigenvalue weighted by molar-refractivity contribution is 6.30. The first-order chi connectivity index (χ1) is 15.8. The third-order valence-corrected chi connectivity index (χ3v) is 5.72. The quantitative estimate of drug-likeness (QED) is 0.511. The van der Waals surface area contributed by atoms with Crippen LogP contribution < -0.4 is 21.1 Å².